The minimum atomic E-state index is -0.327. The van der Waals surface area contributed by atoms with Gasteiger partial charge < -0.3 is 20.1 Å². The van der Waals surface area contributed by atoms with Crippen LogP contribution in [0.3, 0.4) is 0 Å². The standard InChI is InChI=1S/C10H18N4O3/c1-13(7-9(15)17-3)10-8(11)6-12-14(10)4-5-16-2/h6H,4-5,7,11H2,1-3H3. The Balaban J connectivity index is 2.79. The molecule has 1 rings (SSSR count). The van der Waals surface area contributed by atoms with Crippen molar-refractivity contribution in [2.75, 3.05) is 45.1 Å². The van der Waals surface area contributed by atoms with Crippen LogP contribution in [0, 0.1) is 0 Å². The molecule has 1 aromatic heterocycles. The van der Waals surface area contributed by atoms with Gasteiger partial charge in [-0.05, 0) is 0 Å². The molecule has 0 fully saturated rings. The first-order valence-electron chi connectivity index (χ1n) is 5.18. The summed E-state index contributed by atoms with van der Waals surface area (Å²) in [5.74, 6) is 0.360. The lowest BCUT2D eigenvalue weighted by Gasteiger charge is -2.19. The van der Waals surface area contributed by atoms with Gasteiger partial charge in [0.15, 0.2) is 5.82 Å². The van der Waals surface area contributed by atoms with E-state index in [9.17, 15) is 4.79 Å². The van der Waals surface area contributed by atoms with Crippen molar-refractivity contribution >= 4 is 17.5 Å². The maximum absolute atomic E-state index is 11.2. The quantitative estimate of drug-likeness (QED) is 0.691. The molecule has 0 aliphatic heterocycles. The molecular weight excluding hydrogens is 224 g/mol. The number of nitrogens with zero attached hydrogens (tertiary/aromatic N) is 3. The van der Waals surface area contributed by atoms with Crippen LogP contribution in [0.1, 0.15) is 0 Å². The number of methoxy groups -OCH3 is 2. The van der Waals surface area contributed by atoms with Crippen LogP contribution in [0.5, 0.6) is 0 Å². The average molecular weight is 242 g/mol. The van der Waals surface area contributed by atoms with Crippen LogP contribution in [0.15, 0.2) is 6.20 Å². The van der Waals surface area contributed by atoms with Gasteiger partial charge in [0, 0.05) is 14.2 Å². The van der Waals surface area contributed by atoms with Gasteiger partial charge in [0.2, 0.25) is 0 Å². The van der Waals surface area contributed by atoms with Crippen molar-refractivity contribution in [3.05, 3.63) is 6.20 Å². The summed E-state index contributed by atoms with van der Waals surface area (Å²) < 4.78 is 11.3. The number of esters is 1. The number of anilines is 2. The lowest BCUT2D eigenvalue weighted by Crippen LogP contribution is -2.29. The molecule has 7 nitrogen and oxygen atoms in total. The monoisotopic (exact) mass is 242 g/mol. The molecule has 0 bridgehead atoms. The van der Waals surface area contributed by atoms with Crippen LogP contribution in [-0.4, -0.2) is 50.2 Å². The molecule has 1 heterocycles. The predicted octanol–water partition coefficient (Wildman–Crippen LogP) is -0.279. The molecule has 0 saturated heterocycles. The zero-order valence-corrected chi connectivity index (χ0v) is 10.3. The first-order chi connectivity index (χ1) is 8.10. The number of carbonyl (C=O) groups is 1. The fraction of sp³-hybridized carbons (Fsp3) is 0.600. The van der Waals surface area contributed by atoms with E-state index in [0.717, 1.165) is 0 Å². The number of hydrogen-bond acceptors (Lipinski definition) is 6. The lowest BCUT2D eigenvalue weighted by atomic mass is 10.4. The molecular formula is C10H18N4O3. The summed E-state index contributed by atoms with van der Waals surface area (Å²) in [6.07, 6.45) is 1.55. The van der Waals surface area contributed by atoms with Gasteiger partial charge in [-0.2, -0.15) is 5.10 Å². The van der Waals surface area contributed by atoms with Gasteiger partial charge in [0.1, 0.15) is 6.54 Å². The molecule has 0 saturated carbocycles. The SMILES string of the molecule is COCCn1ncc(N)c1N(C)CC(=O)OC. The molecule has 1 aromatic rings. The molecule has 0 radical (unpaired) electrons. The summed E-state index contributed by atoms with van der Waals surface area (Å²) in [4.78, 5) is 12.9. The first kappa shape index (κ1) is 13.3. The van der Waals surface area contributed by atoms with Crippen molar-refractivity contribution in [1.29, 1.82) is 0 Å². The molecule has 2 N–H and O–H groups in total. The van der Waals surface area contributed by atoms with Crippen LogP contribution in [-0.2, 0) is 20.8 Å². The third-order valence-electron chi connectivity index (χ3n) is 2.30. The molecule has 0 unspecified atom stereocenters. The van der Waals surface area contributed by atoms with E-state index in [0.29, 0.717) is 24.7 Å². The second kappa shape index (κ2) is 6.09. The summed E-state index contributed by atoms with van der Waals surface area (Å²) in [6, 6.07) is 0. The van der Waals surface area contributed by atoms with Gasteiger partial charge in [0.25, 0.3) is 0 Å². The van der Waals surface area contributed by atoms with E-state index in [2.05, 4.69) is 9.84 Å². The molecule has 0 spiro atoms. The van der Waals surface area contributed by atoms with Crippen LogP contribution in [0.4, 0.5) is 11.5 Å². The van der Waals surface area contributed by atoms with Crippen molar-refractivity contribution in [3.63, 3.8) is 0 Å². The highest BCUT2D eigenvalue weighted by Crippen LogP contribution is 2.21. The summed E-state index contributed by atoms with van der Waals surface area (Å²) in [5.41, 5.74) is 6.33. The number of aromatic nitrogens is 2. The van der Waals surface area contributed by atoms with E-state index < -0.39 is 0 Å². The van der Waals surface area contributed by atoms with Gasteiger partial charge in [-0.1, -0.05) is 0 Å². The van der Waals surface area contributed by atoms with Crippen molar-refractivity contribution < 1.29 is 14.3 Å². The largest absolute Gasteiger partial charge is 0.468 e. The summed E-state index contributed by atoms with van der Waals surface area (Å²) in [7, 11) is 4.72. The lowest BCUT2D eigenvalue weighted by molar-refractivity contribution is -0.138. The molecule has 0 atom stereocenters. The maximum atomic E-state index is 11.2. The Kier molecular flexibility index (Phi) is 4.77. The number of nitrogens with two attached hydrogens (primary N) is 1. The number of ether oxygens (including phenoxy) is 2. The summed E-state index contributed by atoms with van der Waals surface area (Å²) >= 11 is 0. The zero-order valence-electron chi connectivity index (χ0n) is 10.3. The fourth-order valence-corrected chi connectivity index (χ4v) is 1.49. The third kappa shape index (κ3) is 3.35. The Bertz CT molecular complexity index is 378. The van der Waals surface area contributed by atoms with Gasteiger partial charge in [0.05, 0.1) is 32.1 Å². The highest BCUT2D eigenvalue weighted by Gasteiger charge is 2.15. The highest BCUT2D eigenvalue weighted by molar-refractivity contribution is 5.77. The van der Waals surface area contributed by atoms with Crippen molar-refractivity contribution in [2.24, 2.45) is 0 Å². The predicted molar refractivity (Wildman–Crippen MR) is 63.8 cm³/mol. The number of carbonyl (C=O) groups excluding carboxylic acids is 1. The smallest absolute Gasteiger partial charge is 0.325 e. The van der Waals surface area contributed by atoms with E-state index in [1.54, 1.807) is 29.9 Å². The average Bonchev–Trinajstić information content (AvgIpc) is 2.67. The van der Waals surface area contributed by atoms with Crippen LogP contribution in [0.2, 0.25) is 0 Å². The van der Waals surface area contributed by atoms with Gasteiger partial charge in [-0.15, -0.1) is 0 Å². The summed E-state index contributed by atoms with van der Waals surface area (Å²) in [6.45, 7) is 1.23. The van der Waals surface area contributed by atoms with E-state index in [-0.39, 0.29) is 12.5 Å². The second-order valence-corrected chi connectivity index (χ2v) is 3.57. The number of likely N-dealkylation sites (N-methyl/N-ethyl adjacent to an activating group) is 1. The van der Waals surface area contributed by atoms with Gasteiger partial charge in [-0.25, -0.2) is 4.68 Å². The molecule has 17 heavy (non-hydrogen) atoms. The van der Waals surface area contributed by atoms with E-state index in [1.807, 2.05) is 0 Å². The number of rotatable bonds is 6. The Hall–Kier alpha value is -1.76. The molecule has 0 amide bonds. The van der Waals surface area contributed by atoms with Crippen LogP contribution in [0.25, 0.3) is 0 Å². The van der Waals surface area contributed by atoms with Crippen LogP contribution < -0.4 is 10.6 Å². The Morgan fingerprint density at radius 3 is 2.88 bits per heavy atom. The summed E-state index contributed by atoms with van der Waals surface area (Å²) in [5, 5.41) is 4.13. The zero-order chi connectivity index (χ0) is 12.8. The van der Waals surface area contributed by atoms with E-state index >= 15 is 0 Å². The molecule has 7 heteroatoms. The molecule has 0 aliphatic rings. The minimum absolute atomic E-state index is 0.124. The number of hydrogen-bond donors (Lipinski definition) is 1. The van der Waals surface area contributed by atoms with Crippen molar-refractivity contribution in [3.8, 4) is 0 Å². The Labute approximate surface area is 100 Å². The van der Waals surface area contributed by atoms with Crippen molar-refractivity contribution in [1.82, 2.24) is 9.78 Å². The molecule has 96 valence electrons. The normalized spacial score (nSPS) is 10.3. The third-order valence-corrected chi connectivity index (χ3v) is 2.30. The van der Waals surface area contributed by atoms with Crippen LogP contribution >= 0.6 is 0 Å². The van der Waals surface area contributed by atoms with Crippen molar-refractivity contribution in [2.45, 2.75) is 6.54 Å². The molecule has 0 aromatic carbocycles. The van der Waals surface area contributed by atoms with Gasteiger partial charge in [-0.3, -0.25) is 4.79 Å². The Morgan fingerprint density at radius 1 is 1.59 bits per heavy atom. The Morgan fingerprint density at radius 2 is 2.29 bits per heavy atom. The topological polar surface area (TPSA) is 82.6 Å². The van der Waals surface area contributed by atoms with Gasteiger partial charge >= 0.3 is 5.97 Å². The molecule has 0 aliphatic carbocycles. The van der Waals surface area contributed by atoms with E-state index in [1.165, 1.54) is 7.11 Å². The first-order valence-corrected chi connectivity index (χ1v) is 5.18. The second-order valence-electron chi connectivity index (χ2n) is 3.57. The maximum Gasteiger partial charge on any atom is 0.325 e. The number of nitrogen functional groups attached to an aromatic ring is 1. The van der Waals surface area contributed by atoms with E-state index in [4.69, 9.17) is 10.5 Å². The highest BCUT2D eigenvalue weighted by atomic mass is 16.5. The minimum Gasteiger partial charge on any atom is -0.468 e. The fourth-order valence-electron chi connectivity index (χ4n) is 1.49.